The van der Waals surface area contributed by atoms with Gasteiger partial charge in [-0.15, -0.1) is 12.6 Å². The van der Waals surface area contributed by atoms with Crippen LogP contribution in [0.4, 0.5) is 8.78 Å². The average molecular weight is 222 g/mol. The van der Waals surface area contributed by atoms with Crippen LogP contribution in [0.5, 0.6) is 0 Å². The summed E-state index contributed by atoms with van der Waals surface area (Å²) < 4.78 is 26.4. The van der Waals surface area contributed by atoms with Crippen LogP contribution >= 0.6 is 12.6 Å². The second-order valence-electron chi connectivity index (χ2n) is 3.17. The third kappa shape index (κ3) is 2.18. The van der Waals surface area contributed by atoms with Gasteiger partial charge < -0.3 is 0 Å². The molecule has 0 aromatic heterocycles. The fourth-order valence-corrected chi connectivity index (χ4v) is 1.59. The van der Waals surface area contributed by atoms with E-state index < -0.39 is 0 Å². The molecule has 2 aromatic rings. The molecule has 2 rings (SSSR count). The van der Waals surface area contributed by atoms with Gasteiger partial charge in [-0.25, -0.2) is 8.78 Å². The van der Waals surface area contributed by atoms with Crippen LogP contribution in [0.1, 0.15) is 0 Å². The summed E-state index contributed by atoms with van der Waals surface area (Å²) >= 11 is 4.12. The predicted octanol–water partition coefficient (Wildman–Crippen LogP) is 3.92. The van der Waals surface area contributed by atoms with Gasteiger partial charge >= 0.3 is 0 Å². The molecule has 0 atom stereocenters. The smallest absolute Gasteiger partial charge is 0.131 e. The normalized spacial score (nSPS) is 10.3. The van der Waals surface area contributed by atoms with Gasteiger partial charge in [0.15, 0.2) is 0 Å². The van der Waals surface area contributed by atoms with Crippen LogP contribution in [0.25, 0.3) is 11.1 Å². The maximum Gasteiger partial charge on any atom is 0.131 e. The predicted molar refractivity (Wildman–Crippen MR) is 59.0 cm³/mol. The summed E-state index contributed by atoms with van der Waals surface area (Å²) in [6.07, 6.45) is 0. The van der Waals surface area contributed by atoms with Crippen molar-refractivity contribution in [3.8, 4) is 11.1 Å². The summed E-state index contributed by atoms with van der Waals surface area (Å²) in [4.78, 5) is 0.649. The molecule has 0 N–H and O–H groups in total. The summed E-state index contributed by atoms with van der Waals surface area (Å²) in [5, 5.41) is 0. The highest BCUT2D eigenvalue weighted by molar-refractivity contribution is 7.80. The number of halogens is 2. The van der Waals surface area contributed by atoms with Crippen LogP contribution in [0, 0.1) is 11.6 Å². The van der Waals surface area contributed by atoms with Crippen molar-refractivity contribution in [1.82, 2.24) is 0 Å². The van der Waals surface area contributed by atoms with Gasteiger partial charge in [0.1, 0.15) is 11.6 Å². The average Bonchev–Trinajstić information content (AvgIpc) is 2.22. The Morgan fingerprint density at radius 3 is 2.47 bits per heavy atom. The summed E-state index contributed by atoms with van der Waals surface area (Å²) in [5.74, 6) is -0.755. The molecule has 15 heavy (non-hydrogen) atoms. The molecule has 0 nitrogen and oxygen atoms in total. The van der Waals surface area contributed by atoms with Crippen LogP contribution < -0.4 is 0 Å². The van der Waals surface area contributed by atoms with Gasteiger partial charge in [-0.3, -0.25) is 0 Å². The summed E-state index contributed by atoms with van der Waals surface area (Å²) in [5.41, 5.74) is 0.880. The van der Waals surface area contributed by atoms with E-state index in [9.17, 15) is 8.78 Å². The maximum atomic E-state index is 13.4. The molecule has 76 valence electrons. The van der Waals surface area contributed by atoms with E-state index in [1.807, 2.05) is 0 Å². The second kappa shape index (κ2) is 4.03. The zero-order valence-corrected chi connectivity index (χ0v) is 8.64. The minimum atomic E-state index is -0.378. The molecule has 0 radical (unpaired) electrons. The van der Waals surface area contributed by atoms with E-state index in [0.29, 0.717) is 16.0 Å². The zero-order chi connectivity index (χ0) is 10.8. The van der Waals surface area contributed by atoms with Crippen LogP contribution in [0.3, 0.4) is 0 Å². The van der Waals surface area contributed by atoms with Crippen molar-refractivity contribution in [3.63, 3.8) is 0 Å². The van der Waals surface area contributed by atoms with E-state index in [1.165, 1.54) is 18.2 Å². The lowest BCUT2D eigenvalue weighted by Crippen LogP contribution is -1.85. The molecule has 0 fully saturated rings. The molecule has 0 bridgehead atoms. The van der Waals surface area contributed by atoms with Gasteiger partial charge in [0.25, 0.3) is 0 Å². The van der Waals surface area contributed by atoms with Crippen molar-refractivity contribution < 1.29 is 8.78 Å². The Balaban J connectivity index is 2.58. The molecular formula is C12H8F2S. The van der Waals surface area contributed by atoms with Gasteiger partial charge in [-0.2, -0.15) is 0 Å². The van der Waals surface area contributed by atoms with E-state index in [2.05, 4.69) is 12.6 Å². The molecule has 0 heterocycles. The lowest BCUT2D eigenvalue weighted by atomic mass is 10.1. The van der Waals surface area contributed by atoms with Crippen LogP contribution in [-0.4, -0.2) is 0 Å². The summed E-state index contributed by atoms with van der Waals surface area (Å²) in [6.45, 7) is 0. The first kappa shape index (κ1) is 10.2. The first-order valence-corrected chi connectivity index (χ1v) is 4.86. The topological polar surface area (TPSA) is 0 Å². The van der Waals surface area contributed by atoms with E-state index in [0.717, 1.165) is 0 Å². The molecule has 0 aliphatic rings. The number of thiol groups is 1. The minimum Gasteiger partial charge on any atom is -0.207 e. The molecular weight excluding hydrogens is 214 g/mol. The Kier molecular flexibility index (Phi) is 2.73. The van der Waals surface area contributed by atoms with Crippen molar-refractivity contribution in [3.05, 3.63) is 54.1 Å². The monoisotopic (exact) mass is 222 g/mol. The highest BCUT2D eigenvalue weighted by atomic mass is 32.1. The van der Waals surface area contributed by atoms with Crippen molar-refractivity contribution in [2.45, 2.75) is 4.90 Å². The Bertz CT molecular complexity index is 495. The fraction of sp³-hybridized carbons (Fsp3) is 0. The van der Waals surface area contributed by atoms with Gasteiger partial charge in [-0.1, -0.05) is 12.1 Å². The quantitative estimate of drug-likeness (QED) is 0.694. The molecule has 0 aliphatic heterocycles. The second-order valence-corrected chi connectivity index (χ2v) is 3.69. The minimum absolute atomic E-state index is 0.363. The highest BCUT2D eigenvalue weighted by Crippen LogP contribution is 2.25. The SMILES string of the molecule is Fc1cccc(-c2cc(S)ccc2F)c1. The van der Waals surface area contributed by atoms with E-state index >= 15 is 0 Å². The molecule has 0 saturated heterocycles. The lowest BCUT2D eigenvalue weighted by molar-refractivity contribution is 0.624. The van der Waals surface area contributed by atoms with Gasteiger partial charge in [0.05, 0.1) is 0 Å². The number of benzene rings is 2. The lowest BCUT2D eigenvalue weighted by Gasteiger charge is -2.04. The Hall–Kier alpha value is -1.35. The Morgan fingerprint density at radius 1 is 0.933 bits per heavy atom. The molecule has 0 amide bonds. The molecule has 2 aromatic carbocycles. The van der Waals surface area contributed by atoms with Gasteiger partial charge in [0, 0.05) is 10.5 Å². The van der Waals surface area contributed by atoms with Crippen LogP contribution in [0.2, 0.25) is 0 Å². The Labute approximate surface area is 92.0 Å². The Morgan fingerprint density at radius 2 is 1.73 bits per heavy atom. The number of hydrogen-bond donors (Lipinski definition) is 1. The first-order valence-electron chi connectivity index (χ1n) is 4.41. The molecule has 0 aliphatic carbocycles. The van der Waals surface area contributed by atoms with E-state index in [1.54, 1.807) is 24.3 Å². The van der Waals surface area contributed by atoms with Gasteiger partial charge in [0.2, 0.25) is 0 Å². The number of rotatable bonds is 1. The highest BCUT2D eigenvalue weighted by Gasteiger charge is 2.05. The molecule has 0 spiro atoms. The van der Waals surface area contributed by atoms with Crippen molar-refractivity contribution in [2.24, 2.45) is 0 Å². The van der Waals surface area contributed by atoms with Crippen molar-refractivity contribution >= 4 is 12.6 Å². The zero-order valence-electron chi connectivity index (χ0n) is 7.74. The fourth-order valence-electron chi connectivity index (χ4n) is 1.39. The molecule has 0 saturated carbocycles. The van der Waals surface area contributed by atoms with E-state index in [-0.39, 0.29) is 11.6 Å². The van der Waals surface area contributed by atoms with Crippen LogP contribution in [-0.2, 0) is 0 Å². The van der Waals surface area contributed by atoms with Crippen molar-refractivity contribution in [2.75, 3.05) is 0 Å². The van der Waals surface area contributed by atoms with Crippen molar-refractivity contribution in [1.29, 1.82) is 0 Å². The van der Waals surface area contributed by atoms with E-state index in [4.69, 9.17) is 0 Å². The largest absolute Gasteiger partial charge is 0.207 e. The third-order valence-corrected chi connectivity index (χ3v) is 2.36. The summed E-state index contributed by atoms with van der Waals surface area (Å²) in [6, 6.07) is 10.3. The van der Waals surface area contributed by atoms with Gasteiger partial charge in [-0.05, 0) is 35.9 Å². The molecule has 3 heteroatoms. The van der Waals surface area contributed by atoms with Crippen LogP contribution in [0.15, 0.2) is 47.4 Å². The maximum absolute atomic E-state index is 13.4. The molecule has 0 unspecified atom stereocenters. The third-order valence-electron chi connectivity index (χ3n) is 2.09. The number of hydrogen-bond acceptors (Lipinski definition) is 1. The summed E-state index contributed by atoms with van der Waals surface area (Å²) in [7, 11) is 0. The first-order chi connectivity index (χ1) is 7.16. The standard InChI is InChI=1S/C12H8F2S/c13-9-3-1-2-8(6-9)11-7-10(15)4-5-12(11)14/h1-7,15H.